The third-order valence-electron chi connectivity index (χ3n) is 15.3. The molecule has 12 aromatic carbocycles. The lowest BCUT2D eigenvalue weighted by Gasteiger charge is -2.22. The van der Waals surface area contributed by atoms with Crippen LogP contribution in [0, 0.1) is 0 Å². The van der Waals surface area contributed by atoms with Gasteiger partial charge in [-0.05, 0) is 161 Å². The minimum Gasteiger partial charge on any atom is -0.341 e. The second-order valence-electron chi connectivity index (χ2n) is 18.8. The Morgan fingerprint density at radius 3 is 0.914 bits per heavy atom. The summed E-state index contributed by atoms with van der Waals surface area (Å²) in [5.41, 5.74) is 17.4. The molecule has 0 N–H and O–H groups in total. The maximum absolute atomic E-state index is 2.51. The molecule has 2 heterocycles. The van der Waals surface area contributed by atoms with E-state index in [0.717, 1.165) is 13.1 Å². The lowest BCUT2D eigenvalue weighted by molar-refractivity contribution is 0.827. The van der Waals surface area contributed by atoms with Gasteiger partial charge in [0, 0.05) is 56.7 Å². The number of rotatable bonds is 7. The largest absolute Gasteiger partial charge is 0.341 e. The van der Waals surface area contributed by atoms with Gasteiger partial charge in [0.15, 0.2) is 0 Å². The first-order chi connectivity index (χ1) is 34.7. The van der Waals surface area contributed by atoms with Gasteiger partial charge >= 0.3 is 0 Å². The summed E-state index contributed by atoms with van der Waals surface area (Å²) in [6.45, 7) is 6.32. The van der Waals surface area contributed by atoms with Gasteiger partial charge < -0.3 is 9.13 Å². The van der Waals surface area contributed by atoms with E-state index in [1.807, 2.05) is 0 Å². The molecule has 330 valence electrons. The maximum atomic E-state index is 2.51. The zero-order valence-electron chi connectivity index (χ0n) is 39.2. The highest BCUT2D eigenvalue weighted by Gasteiger charge is 2.23. The molecule has 2 heteroatoms. The predicted molar refractivity (Wildman–Crippen MR) is 301 cm³/mol. The van der Waals surface area contributed by atoms with E-state index >= 15 is 0 Å². The Kier molecular flexibility index (Phi) is 9.19. The van der Waals surface area contributed by atoms with Crippen molar-refractivity contribution in [1.82, 2.24) is 9.13 Å². The Labute approximate surface area is 406 Å². The number of para-hydroxylation sites is 2. The Morgan fingerprint density at radius 1 is 0.229 bits per heavy atom. The molecule has 0 saturated heterocycles. The molecule has 0 bridgehead atoms. The van der Waals surface area contributed by atoms with Gasteiger partial charge in [0.25, 0.3) is 0 Å². The normalized spacial score (nSPS) is 12.0. The number of aryl methyl sites for hydroxylation is 2. The fourth-order valence-corrected chi connectivity index (χ4v) is 12.2. The molecular weight excluding hydrogens is 845 g/mol. The van der Waals surface area contributed by atoms with Crippen LogP contribution < -0.4 is 0 Å². The number of nitrogens with zero attached hydrogens (tertiary/aromatic N) is 2. The molecule has 14 aromatic rings. The van der Waals surface area contributed by atoms with Crippen LogP contribution in [0.5, 0.6) is 0 Å². The molecule has 0 unspecified atom stereocenters. The van der Waals surface area contributed by atoms with Crippen LogP contribution in [-0.4, -0.2) is 9.13 Å². The van der Waals surface area contributed by atoms with Crippen molar-refractivity contribution < 1.29 is 0 Å². The first-order valence-electron chi connectivity index (χ1n) is 24.8. The van der Waals surface area contributed by atoms with Crippen molar-refractivity contribution in [3.05, 3.63) is 231 Å². The van der Waals surface area contributed by atoms with Crippen molar-refractivity contribution in [3.63, 3.8) is 0 Å². The average molecular weight is 893 g/mol. The van der Waals surface area contributed by atoms with Crippen molar-refractivity contribution in [2.75, 3.05) is 0 Å². The van der Waals surface area contributed by atoms with Gasteiger partial charge in [-0.15, -0.1) is 0 Å². The van der Waals surface area contributed by atoms with E-state index in [0.29, 0.717) is 0 Å². The van der Waals surface area contributed by atoms with E-state index in [2.05, 4.69) is 254 Å². The lowest BCUT2D eigenvalue weighted by atomic mass is 9.81. The molecule has 0 fully saturated rings. The molecule has 0 aliphatic heterocycles. The Bertz CT molecular complexity index is 4140. The van der Waals surface area contributed by atoms with Crippen LogP contribution in [0.2, 0.25) is 0 Å². The van der Waals surface area contributed by atoms with E-state index in [1.54, 1.807) is 0 Å². The average Bonchev–Trinajstić information content (AvgIpc) is 3.93. The Balaban J connectivity index is 1.14. The standard InChI is InChI=1S/C68H48N2/c1-3-69-63-33-13-11-23-51(63)61-39-45(35-37-65(61)69)49-27-17-31-55-59(49)42-60-50(46-36-38-66-62(40-46)52-24-12-14-34-64(52)70(66)4-2)28-18-32-56(60)68(55)67-53-29-15-25-47(43-19-7-5-8-20-43)57(53)41-58-48(26-16-30-54(58)67)44-21-9-6-10-22-44/h5-42H,3-4H2,1-2H3. The number of benzene rings is 12. The fourth-order valence-electron chi connectivity index (χ4n) is 12.2. The summed E-state index contributed by atoms with van der Waals surface area (Å²) >= 11 is 0. The van der Waals surface area contributed by atoms with E-state index < -0.39 is 0 Å². The van der Waals surface area contributed by atoms with Crippen molar-refractivity contribution in [2.24, 2.45) is 0 Å². The molecule has 0 atom stereocenters. The van der Waals surface area contributed by atoms with Gasteiger partial charge in [-0.2, -0.15) is 0 Å². The Morgan fingerprint density at radius 2 is 0.543 bits per heavy atom. The molecule has 0 aliphatic carbocycles. The molecule has 0 aliphatic rings. The summed E-state index contributed by atoms with van der Waals surface area (Å²) in [6.07, 6.45) is 0. The predicted octanol–water partition coefficient (Wildman–Crippen LogP) is 18.9. The lowest BCUT2D eigenvalue weighted by Crippen LogP contribution is -1.95. The highest BCUT2D eigenvalue weighted by Crippen LogP contribution is 2.50. The number of fused-ring (bicyclic) bond motifs is 10. The maximum Gasteiger partial charge on any atom is 0.0491 e. The van der Waals surface area contributed by atoms with Crippen molar-refractivity contribution >= 4 is 86.7 Å². The third kappa shape index (κ3) is 5.99. The summed E-state index contributed by atoms with van der Waals surface area (Å²) in [6, 6.07) is 86.6. The van der Waals surface area contributed by atoms with E-state index in [-0.39, 0.29) is 0 Å². The Hall–Kier alpha value is -8.72. The molecule has 0 spiro atoms. The van der Waals surface area contributed by atoms with Gasteiger partial charge in [-0.25, -0.2) is 0 Å². The molecule has 2 nitrogen and oxygen atoms in total. The molecule has 2 aromatic heterocycles. The van der Waals surface area contributed by atoms with Crippen LogP contribution in [0.4, 0.5) is 0 Å². The van der Waals surface area contributed by atoms with Crippen LogP contribution in [0.15, 0.2) is 231 Å². The summed E-state index contributed by atoms with van der Waals surface area (Å²) in [5, 5.41) is 15.1. The van der Waals surface area contributed by atoms with Crippen LogP contribution in [0.1, 0.15) is 13.8 Å². The van der Waals surface area contributed by atoms with Gasteiger partial charge in [-0.3, -0.25) is 0 Å². The molecule has 14 rings (SSSR count). The third-order valence-corrected chi connectivity index (χ3v) is 15.3. The van der Waals surface area contributed by atoms with Gasteiger partial charge in [0.1, 0.15) is 0 Å². The monoisotopic (exact) mass is 892 g/mol. The van der Waals surface area contributed by atoms with Crippen molar-refractivity contribution in [2.45, 2.75) is 26.9 Å². The van der Waals surface area contributed by atoms with Crippen LogP contribution >= 0.6 is 0 Å². The van der Waals surface area contributed by atoms with Gasteiger partial charge in [0.2, 0.25) is 0 Å². The quantitative estimate of drug-likeness (QED) is 0.141. The highest BCUT2D eigenvalue weighted by atomic mass is 15.0. The second-order valence-corrected chi connectivity index (χ2v) is 18.8. The summed E-state index contributed by atoms with van der Waals surface area (Å²) in [4.78, 5) is 0. The molecule has 70 heavy (non-hydrogen) atoms. The van der Waals surface area contributed by atoms with Gasteiger partial charge in [-0.1, -0.05) is 182 Å². The van der Waals surface area contributed by atoms with E-state index in [9.17, 15) is 0 Å². The van der Waals surface area contributed by atoms with Gasteiger partial charge in [0.05, 0.1) is 0 Å². The van der Waals surface area contributed by atoms with Crippen molar-refractivity contribution in [1.29, 1.82) is 0 Å². The molecular formula is C68H48N2. The molecule has 0 amide bonds. The number of aromatic nitrogens is 2. The first kappa shape index (κ1) is 40.4. The fraction of sp³-hybridized carbons (Fsp3) is 0.0588. The zero-order chi connectivity index (χ0) is 46.5. The topological polar surface area (TPSA) is 9.86 Å². The van der Waals surface area contributed by atoms with E-state index in [4.69, 9.17) is 0 Å². The van der Waals surface area contributed by atoms with Crippen LogP contribution in [0.3, 0.4) is 0 Å². The number of hydrogen-bond donors (Lipinski definition) is 0. The SMILES string of the molecule is CCn1c2ccccc2c2cc(-c3cccc4c(-c5c6cccc(-c7ccccc7)c6cc6c(-c7ccccc7)cccc56)c5cccc(-c6ccc7c(c6)c6ccccc6n7CC)c5cc34)ccc21. The summed E-state index contributed by atoms with van der Waals surface area (Å²) in [5.74, 6) is 0. The first-order valence-corrected chi connectivity index (χ1v) is 24.8. The zero-order valence-corrected chi connectivity index (χ0v) is 39.2. The van der Waals surface area contributed by atoms with Crippen LogP contribution in [0.25, 0.3) is 142 Å². The summed E-state index contributed by atoms with van der Waals surface area (Å²) in [7, 11) is 0. The van der Waals surface area contributed by atoms with E-state index in [1.165, 1.54) is 142 Å². The molecule has 0 saturated carbocycles. The summed E-state index contributed by atoms with van der Waals surface area (Å²) < 4.78 is 4.90. The second kappa shape index (κ2) is 15.9. The van der Waals surface area contributed by atoms with Crippen LogP contribution in [-0.2, 0) is 13.1 Å². The van der Waals surface area contributed by atoms with Crippen molar-refractivity contribution in [3.8, 4) is 55.6 Å². The minimum absolute atomic E-state index is 0.914. The minimum atomic E-state index is 0.914. The smallest absolute Gasteiger partial charge is 0.0491 e. The highest BCUT2D eigenvalue weighted by molar-refractivity contribution is 6.28. The molecule has 0 radical (unpaired) electrons. The number of hydrogen-bond acceptors (Lipinski definition) is 0.